The number of ether oxygens (including phenoxy) is 7. The van der Waals surface area contributed by atoms with E-state index in [1.807, 2.05) is 0 Å². The first-order valence-electron chi connectivity index (χ1n) is 18.3. The molecule has 284 valence electrons. The highest BCUT2D eigenvalue weighted by Gasteiger charge is 2.57. The second-order valence-corrected chi connectivity index (χ2v) is 14.6. The number of esters is 3. The molecule has 0 amide bonds. The molecule has 3 N–H and O–H groups in total. The van der Waals surface area contributed by atoms with Crippen LogP contribution in [0.5, 0.6) is 0 Å². The Labute approximate surface area is 295 Å². The van der Waals surface area contributed by atoms with E-state index in [4.69, 9.17) is 33.2 Å². The standard InChI is InChI=1S/C37H58O13/c1-5-6-7-8-9-13-31(40)49-35-24(17-32(41)44-4)16-28-21-29(22-38)47-33(42)19-25(39)18-26-11-10-12-27(46-26)20-30-23-45-34(48-30)14-15-36(2,3)37(35,43)50-28/h14-15,17,25-30,34-35,38-39,43H,5-13,16,18-23H2,1-4H3/b15-14-,24-17+/t25-,26+,27-,28+,29-,30-,34+,35+,37-/m1/s1. The van der Waals surface area contributed by atoms with Crippen LogP contribution in [-0.4, -0.2) is 108 Å². The summed E-state index contributed by atoms with van der Waals surface area (Å²) >= 11 is 0. The van der Waals surface area contributed by atoms with Crippen LogP contribution >= 0.6 is 0 Å². The van der Waals surface area contributed by atoms with E-state index in [-0.39, 0.29) is 56.0 Å². The van der Waals surface area contributed by atoms with Crippen molar-refractivity contribution in [2.45, 2.75) is 165 Å². The molecular weight excluding hydrogens is 652 g/mol. The van der Waals surface area contributed by atoms with Gasteiger partial charge >= 0.3 is 17.9 Å². The van der Waals surface area contributed by atoms with Crippen molar-refractivity contribution in [2.24, 2.45) is 5.41 Å². The molecule has 0 aromatic carbocycles. The lowest BCUT2D eigenvalue weighted by molar-refractivity contribution is -0.327. The van der Waals surface area contributed by atoms with Crippen LogP contribution in [0.2, 0.25) is 0 Å². The highest BCUT2D eigenvalue weighted by Crippen LogP contribution is 2.47. The van der Waals surface area contributed by atoms with Gasteiger partial charge in [-0.3, -0.25) is 9.59 Å². The van der Waals surface area contributed by atoms with Crippen LogP contribution in [0.3, 0.4) is 0 Å². The van der Waals surface area contributed by atoms with Crippen molar-refractivity contribution in [2.75, 3.05) is 20.3 Å². The van der Waals surface area contributed by atoms with Crippen LogP contribution in [0, 0.1) is 5.41 Å². The molecule has 0 aliphatic carbocycles. The zero-order chi connectivity index (χ0) is 36.3. The summed E-state index contributed by atoms with van der Waals surface area (Å²) in [6, 6.07) is 0. The van der Waals surface area contributed by atoms with Crippen LogP contribution in [0.25, 0.3) is 0 Å². The molecular formula is C37H58O13. The Bertz CT molecular complexity index is 1180. The minimum absolute atomic E-state index is 0.000953. The minimum atomic E-state index is -2.24. The number of aliphatic hydroxyl groups excluding tert-OH is 2. The summed E-state index contributed by atoms with van der Waals surface area (Å²) < 4.78 is 41.2. The summed E-state index contributed by atoms with van der Waals surface area (Å²) in [6.07, 6.45) is 6.61. The average molecular weight is 711 g/mol. The Balaban J connectivity index is 1.66. The van der Waals surface area contributed by atoms with Crippen LogP contribution in [0.1, 0.15) is 111 Å². The minimum Gasteiger partial charge on any atom is -0.466 e. The first kappa shape index (κ1) is 40.4. The first-order valence-corrected chi connectivity index (χ1v) is 18.3. The molecule has 3 saturated heterocycles. The molecule has 0 spiro atoms. The maximum Gasteiger partial charge on any atom is 0.330 e. The number of cyclic esters (lactones) is 1. The van der Waals surface area contributed by atoms with E-state index in [1.165, 1.54) is 13.2 Å². The average Bonchev–Trinajstić information content (AvgIpc) is 3.51. The van der Waals surface area contributed by atoms with Crippen LogP contribution < -0.4 is 0 Å². The van der Waals surface area contributed by atoms with Gasteiger partial charge in [-0.15, -0.1) is 0 Å². The number of fused-ring (bicyclic) bond motifs is 6. The van der Waals surface area contributed by atoms with Crippen molar-refractivity contribution >= 4 is 17.9 Å². The van der Waals surface area contributed by atoms with Gasteiger partial charge in [0.15, 0.2) is 12.4 Å². The number of methoxy groups -OCH3 is 1. The molecule has 4 aliphatic rings. The highest BCUT2D eigenvalue weighted by molar-refractivity contribution is 5.83. The van der Waals surface area contributed by atoms with Crippen molar-refractivity contribution in [1.29, 1.82) is 0 Å². The fourth-order valence-electron chi connectivity index (χ4n) is 7.18. The monoisotopic (exact) mass is 710 g/mol. The van der Waals surface area contributed by atoms with Gasteiger partial charge in [-0.25, -0.2) is 4.79 Å². The summed E-state index contributed by atoms with van der Waals surface area (Å²) in [7, 11) is 1.22. The summed E-state index contributed by atoms with van der Waals surface area (Å²) in [6.45, 7) is 5.29. The van der Waals surface area contributed by atoms with Gasteiger partial charge in [0.25, 0.3) is 0 Å². The third kappa shape index (κ3) is 11.3. The van der Waals surface area contributed by atoms with Gasteiger partial charge in [0.2, 0.25) is 5.79 Å². The van der Waals surface area contributed by atoms with E-state index < -0.39 is 66.4 Å². The van der Waals surface area contributed by atoms with Crippen LogP contribution in [0.4, 0.5) is 0 Å². The van der Waals surface area contributed by atoms with Gasteiger partial charge in [-0.1, -0.05) is 52.5 Å². The van der Waals surface area contributed by atoms with Crippen molar-refractivity contribution in [3.8, 4) is 0 Å². The summed E-state index contributed by atoms with van der Waals surface area (Å²) in [5.74, 6) is -4.22. The Morgan fingerprint density at radius 1 is 1.00 bits per heavy atom. The van der Waals surface area contributed by atoms with Crippen LogP contribution in [-0.2, 0) is 47.5 Å². The fourth-order valence-corrected chi connectivity index (χ4v) is 7.18. The van der Waals surface area contributed by atoms with Crippen molar-refractivity contribution in [1.82, 2.24) is 0 Å². The molecule has 4 rings (SSSR count). The molecule has 0 radical (unpaired) electrons. The summed E-state index contributed by atoms with van der Waals surface area (Å²) in [5.41, 5.74) is -1.04. The highest BCUT2D eigenvalue weighted by atomic mass is 16.7. The van der Waals surface area contributed by atoms with Gasteiger partial charge < -0.3 is 48.5 Å². The van der Waals surface area contributed by atoms with E-state index in [9.17, 15) is 29.7 Å². The number of rotatable bonds is 9. The van der Waals surface area contributed by atoms with E-state index in [2.05, 4.69) is 6.92 Å². The number of hydrogen-bond acceptors (Lipinski definition) is 13. The number of carbonyl (C=O) groups excluding carboxylic acids is 3. The number of hydrogen-bond donors (Lipinski definition) is 3. The summed E-state index contributed by atoms with van der Waals surface area (Å²) in [4.78, 5) is 38.8. The maximum absolute atomic E-state index is 13.2. The lowest BCUT2D eigenvalue weighted by atomic mass is 9.74. The molecule has 3 fully saturated rings. The Hall–Kier alpha value is -2.39. The smallest absolute Gasteiger partial charge is 0.330 e. The van der Waals surface area contributed by atoms with Gasteiger partial charge in [0, 0.05) is 37.2 Å². The maximum atomic E-state index is 13.2. The molecule has 9 atom stereocenters. The third-order valence-corrected chi connectivity index (χ3v) is 10.0. The van der Waals surface area contributed by atoms with E-state index in [1.54, 1.807) is 26.0 Å². The fraction of sp³-hybridized carbons (Fsp3) is 0.811. The molecule has 0 unspecified atom stereocenters. The Morgan fingerprint density at radius 3 is 2.46 bits per heavy atom. The number of aliphatic hydroxyl groups is 3. The molecule has 13 nitrogen and oxygen atoms in total. The Kier molecular flexibility index (Phi) is 15.3. The lowest BCUT2D eigenvalue weighted by Crippen LogP contribution is -2.62. The first-order chi connectivity index (χ1) is 23.8. The second kappa shape index (κ2) is 18.9. The molecule has 0 aromatic heterocycles. The molecule has 4 aliphatic heterocycles. The number of carbonyl (C=O) groups is 3. The zero-order valence-electron chi connectivity index (χ0n) is 30.1. The second-order valence-electron chi connectivity index (χ2n) is 14.6. The SMILES string of the molecule is CCCCCCCC(=O)O[C@H]1/C(=C/C(=O)OC)C[C@H]2C[C@H](CO)OC(=O)C[C@H](O)C[C@@H]3CCC[C@H](C[C@@H]4CO[C@H](/C=C\C(C)(C)[C@]1(O)O2)O4)O3. The van der Waals surface area contributed by atoms with Gasteiger partial charge in [-0.05, 0) is 43.8 Å². The van der Waals surface area contributed by atoms with Crippen LogP contribution in [0.15, 0.2) is 23.8 Å². The molecule has 50 heavy (non-hydrogen) atoms. The quantitative estimate of drug-likeness (QED) is 0.103. The molecule has 0 aromatic rings. The van der Waals surface area contributed by atoms with Crippen molar-refractivity contribution < 1.29 is 62.9 Å². The van der Waals surface area contributed by atoms with Gasteiger partial charge in [0.1, 0.15) is 6.10 Å². The molecule has 4 heterocycles. The van der Waals surface area contributed by atoms with Crippen molar-refractivity contribution in [3.05, 3.63) is 23.8 Å². The Morgan fingerprint density at radius 2 is 1.74 bits per heavy atom. The van der Waals surface area contributed by atoms with Gasteiger partial charge in [-0.2, -0.15) is 0 Å². The largest absolute Gasteiger partial charge is 0.466 e. The third-order valence-electron chi connectivity index (χ3n) is 10.0. The zero-order valence-corrected chi connectivity index (χ0v) is 30.1. The summed E-state index contributed by atoms with van der Waals surface area (Å²) in [5, 5.41) is 33.5. The predicted molar refractivity (Wildman–Crippen MR) is 179 cm³/mol. The topological polar surface area (TPSA) is 177 Å². The predicted octanol–water partition coefficient (Wildman–Crippen LogP) is 3.94. The molecule has 13 heteroatoms. The lowest BCUT2D eigenvalue weighted by Gasteiger charge is -2.51. The number of unbranched alkanes of at least 4 members (excludes halogenated alkanes) is 4. The van der Waals surface area contributed by atoms with Gasteiger partial charge in [0.05, 0.1) is 57.3 Å². The normalized spacial score (nSPS) is 36.6. The van der Waals surface area contributed by atoms with Crippen molar-refractivity contribution in [3.63, 3.8) is 0 Å². The van der Waals surface area contributed by atoms with E-state index in [0.29, 0.717) is 19.4 Å². The van der Waals surface area contributed by atoms with E-state index in [0.717, 1.165) is 44.9 Å². The molecule has 6 bridgehead atoms. The van der Waals surface area contributed by atoms with E-state index >= 15 is 0 Å². The molecule has 0 saturated carbocycles.